The molecule has 2 rings (SSSR count). The minimum Gasteiger partial charge on any atom is -0.348 e. The molecule has 1 heterocycles. The fourth-order valence-corrected chi connectivity index (χ4v) is 1.85. The molecule has 1 aromatic rings. The summed E-state index contributed by atoms with van der Waals surface area (Å²) < 4.78 is 10.8. The molecular weight excluding hydrogens is 300 g/mol. The fourth-order valence-electron chi connectivity index (χ4n) is 1.85. The number of hydrogen-bond donors (Lipinski definition) is 0. The molecular formula is C12H14N2O8. The lowest BCUT2D eigenvalue weighted by atomic mass is 10.2. The van der Waals surface area contributed by atoms with E-state index in [2.05, 4.69) is 0 Å². The summed E-state index contributed by atoms with van der Waals surface area (Å²) in [5, 5.41) is 21.5. The van der Waals surface area contributed by atoms with E-state index in [1.807, 2.05) is 0 Å². The molecule has 0 spiro atoms. The quantitative estimate of drug-likeness (QED) is 0.443. The molecule has 1 atom stereocenters. The lowest BCUT2D eigenvalue weighted by Crippen LogP contribution is -2.24. The predicted molar refractivity (Wildman–Crippen MR) is 71.2 cm³/mol. The minimum absolute atomic E-state index is 0.00241. The van der Waals surface area contributed by atoms with Crippen molar-refractivity contribution < 1.29 is 29.1 Å². The second-order valence-electron chi connectivity index (χ2n) is 4.98. The van der Waals surface area contributed by atoms with Gasteiger partial charge in [-0.3, -0.25) is 20.2 Å². The van der Waals surface area contributed by atoms with Crippen molar-refractivity contribution in [2.45, 2.75) is 25.7 Å². The van der Waals surface area contributed by atoms with Gasteiger partial charge in [0.05, 0.1) is 22.5 Å². The third kappa shape index (κ3) is 3.87. The van der Waals surface area contributed by atoms with E-state index in [0.29, 0.717) is 6.61 Å². The van der Waals surface area contributed by atoms with Gasteiger partial charge in [0.25, 0.3) is 5.69 Å². The Kier molecular flexibility index (Phi) is 4.54. The van der Waals surface area contributed by atoms with E-state index in [1.165, 1.54) is 0 Å². The van der Waals surface area contributed by atoms with Crippen molar-refractivity contribution >= 4 is 11.4 Å². The molecule has 0 N–H and O–H groups in total. The van der Waals surface area contributed by atoms with E-state index in [1.54, 1.807) is 13.8 Å². The Bertz CT molecular complexity index is 588. The van der Waals surface area contributed by atoms with Crippen molar-refractivity contribution in [2.24, 2.45) is 0 Å². The summed E-state index contributed by atoms with van der Waals surface area (Å²) in [6.45, 7) is 3.79. The number of nitrogens with zero attached hydrogens (tertiary/aromatic N) is 2. The molecule has 0 radical (unpaired) electrons. The molecule has 22 heavy (non-hydrogen) atoms. The van der Waals surface area contributed by atoms with Gasteiger partial charge in [-0.15, -0.1) is 0 Å². The maximum atomic E-state index is 10.9. The van der Waals surface area contributed by atoms with Gasteiger partial charge in [-0.05, 0) is 19.9 Å². The van der Waals surface area contributed by atoms with Crippen LogP contribution in [-0.4, -0.2) is 35.0 Å². The van der Waals surface area contributed by atoms with E-state index in [0.717, 1.165) is 18.2 Å². The topological polar surface area (TPSA) is 123 Å². The van der Waals surface area contributed by atoms with Gasteiger partial charge < -0.3 is 14.4 Å². The van der Waals surface area contributed by atoms with Crippen LogP contribution in [0.5, 0.6) is 5.75 Å². The highest BCUT2D eigenvalue weighted by Crippen LogP contribution is 2.31. The predicted octanol–water partition coefficient (Wildman–Crippen LogP) is 1.96. The Morgan fingerprint density at radius 1 is 1.32 bits per heavy atom. The van der Waals surface area contributed by atoms with Crippen LogP contribution in [0.2, 0.25) is 0 Å². The molecule has 0 amide bonds. The van der Waals surface area contributed by atoms with Crippen LogP contribution in [0, 0.1) is 20.2 Å². The van der Waals surface area contributed by atoms with Gasteiger partial charge in [0.1, 0.15) is 12.7 Å². The van der Waals surface area contributed by atoms with Crippen molar-refractivity contribution in [3.05, 3.63) is 38.4 Å². The van der Waals surface area contributed by atoms with E-state index in [9.17, 15) is 20.2 Å². The second-order valence-corrected chi connectivity index (χ2v) is 4.98. The smallest absolute Gasteiger partial charge is 0.321 e. The van der Waals surface area contributed by atoms with Crippen LogP contribution in [0.25, 0.3) is 0 Å². The molecule has 120 valence electrons. The zero-order valence-corrected chi connectivity index (χ0v) is 11.9. The molecule has 10 nitrogen and oxygen atoms in total. The summed E-state index contributed by atoms with van der Waals surface area (Å²) >= 11 is 0. The Labute approximate surface area is 124 Å². The van der Waals surface area contributed by atoms with E-state index < -0.39 is 27.0 Å². The Morgan fingerprint density at radius 2 is 2.05 bits per heavy atom. The summed E-state index contributed by atoms with van der Waals surface area (Å²) in [5.41, 5.74) is -0.966. The minimum atomic E-state index is -0.788. The van der Waals surface area contributed by atoms with Crippen molar-refractivity contribution in [1.29, 1.82) is 0 Å². The molecule has 1 fully saturated rings. The average Bonchev–Trinajstić information content (AvgIpc) is 2.78. The van der Waals surface area contributed by atoms with E-state index >= 15 is 0 Å². The monoisotopic (exact) mass is 314 g/mol. The van der Waals surface area contributed by atoms with Crippen molar-refractivity contribution in [1.82, 2.24) is 0 Å². The van der Waals surface area contributed by atoms with Crippen LogP contribution in [0.15, 0.2) is 18.2 Å². The highest BCUT2D eigenvalue weighted by Gasteiger charge is 2.33. The zero-order valence-electron chi connectivity index (χ0n) is 11.9. The number of non-ortho nitro benzene ring substituents is 1. The molecule has 0 bridgehead atoms. The summed E-state index contributed by atoms with van der Waals surface area (Å²) in [6, 6.07) is 2.99. The molecule has 1 unspecified atom stereocenters. The molecule has 1 aliphatic rings. The Morgan fingerprint density at radius 3 is 2.59 bits per heavy atom. The molecule has 0 aliphatic carbocycles. The molecule has 0 saturated carbocycles. The number of nitro groups is 2. The maximum Gasteiger partial charge on any atom is 0.321 e. The SMILES string of the molecule is CC1(C)OCC(COOc2ccc([N+](=O)[O-])cc2[N+](=O)[O-])O1. The van der Waals surface area contributed by atoms with Crippen molar-refractivity contribution in [3.63, 3.8) is 0 Å². The Balaban J connectivity index is 1.98. The molecule has 0 aromatic heterocycles. The molecule has 1 saturated heterocycles. The fraction of sp³-hybridized carbons (Fsp3) is 0.500. The summed E-state index contributed by atoms with van der Waals surface area (Å²) in [7, 11) is 0. The van der Waals surface area contributed by atoms with Crippen LogP contribution in [-0.2, 0) is 14.4 Å². The maximum absolute atomic E-state index is 10.9. The van der Waals surface area contributed by atoms with Gasteiger partial charge in [-0.2, -0.15) is 4.89 Å². The van der Waals surface area contributed by atoms with Crippen LogP contribution >= 0.6 is 0 Å². The molecule has 1 aromatic carbocycles. The highest BCUT2D eigenvalue weighted by molar-refractivity contribution is 5.53. The summed E-state index contributed by atoms with van der Waals surface area (Å²) in [6.07, 6.45) is -0.368. The molecule has 10 heteroatoms. The van der Waals surface area contributed by atoms with E-state index in [-0.39, 0.29) is 18.5 Å². The number of ether oxygens (including phenoxy) is 2. The first-order valence-corrected chi connectivity index (χ1v) is 6.32. The number of nitro benzene ring substituents is 2. The van der Waals surface area contributed by atoms with Crippen LogP contribution in [0.1, 0.15) is 13.8 Å². The van der Waals surface area contributed by atoms with Crippen LogP contribution in [0.3, 0.4) is 0 Å². The van der Waals surface area contributed by atoms with E-state index in [4.69, 9.17) is 19.2 Å². The normalized spacial score (nSPS) is 19.8. The van der Waals surface area contributed by atoms with Crippen LogP contribution < -0.4 is 4.89 Å². The highest BCUT2D eigenvalue weighted by atomic mass is 17.2. The van der Waals surface area contributed by atoms with Crippen molar-refractivity contribution in [3.8, 4) is 5.75 Å². The third-order valence-electron chi connectivity index (χ3n) is 2.82. The van der Waals surface area contributed by atoms with Gasteiger partial charge in [0.2, 0.25) is 5.75 Å². The summed E-state index contributed by atoms with van der Waals surface area (Å²) in [4.78, 5) is 29.8. The van der Waals surface area contributed by atoms with Crippen LogP contribution in [0.4, 0.5) is 11.4 Å². The molecule has 1 aliphatic heterocycles. The Hall–Kier alpha value is -2.30. The standard InChI is InChI=1S/C12H14N2O8/c1-12(2)19-6-9(21-12)7-20-22-11-4-3-8(13(15)16)5-10(11)14(17)18/h3-5,9H,6-7H2,1-2H3. The second kappa shape index (κ2) is 6.22. The lowest BCUT2D eigenvalue weighted by Gasteiger charge is -2.16. The number of hydrogen-bond acceptors (Lipinski definition) is 8. The van der Waals surface area contributed by atoms with Gasteiger partial charge in [0.15, 0.2) is 5.79 Å². The largest absolute Gasteiger partial charge is 0.348 e. The van der Waals surface area contributed by atoms with Gasteiger partial charge in [-0.1, -0.05) is 0 Å². The van der Waals surface area contributed by atoms with Gasteiger partial charge >= 0.3 is 5.69 Å². The zero-order chi connectivity index (χ0) is 16.3. The first kappa shape index (κ1) is 16.1. The first-order valence-electron chi connectivity index (χ1n) is 6.32. The van der Waals surface area contributed by atoms with Gasteiger partial charge in [-0.25, -0.2) is 0 Å². The van der Waals surface area contributed by atoms with Gasteiger partial charge in [0, 0.05) is 6.07 Å². The number of rotatable bonds is 6. The lowest BCUT2D eigenvalue weighted by molar-refractivity contribution is -0.396. The third-order valence-corrected chi connectivity index (χ3v) is 2.82. The van der Waals surface area contributed by atoms with Crippen molar-refractivity contribution in [2.75, 3.05) is 13.2 Å². The first-order chi connectivity index (χ1) is 10.3. The summed E-state index contributed by atoms with van der Waals surface area (Å²) in [5.74, 6) is -0.943. The average molecular weight is 314 g/mol. The number of benzene rings is 1.